The molecular weight excluding hydrogens is 678 g/mol. The van der Waals surface area contributed by atoms with Crippen molar-refractivity contribution in [3.8, 4) is 0 Å². The molecule has 0 spiro atoms. The number of guanidine groups is 1. The van der Waals surface area contributed by atoms with Crippen molar-refractivity contribution in [1.82, 2.24) is 26.6 Å². The molecule has 0 aliphatic carbocycles. The van der Waals surface area contributed by atoms with Crippen LogP contribution in [0.2, 0.25) is 0 Å². The maximum atomic E-state index is 13.9. The summed E-state index contributed by atoms with van der Waals surface area (Å²) in [5.41, 5.74) is 16.8. The Bertz CT molecular complexity index is 1390. The zero-order chi connectivity index (χ0) is 39.4. The topological polar surface area (TPSA) is 311 Å². The molecule has 0 unspecified atom stereocenters. The summed E-state index contributed by atoms with van der Waals surface area (Å²) in [4.78, 5) is 93.8. The van der Waals surface area contributed by atoms with Gasteiger partial charge in [0.05, 0.1) is 6.54 Å². The highest BCUT2D eigenvalue weighted by molar-refractivity contribution is 5.96. The first-order chi connectivity index (χ1) is 24.5. The van der Waals surface area contributed by atoms with E-state index in [4.69, 9.17) is 17.2 Å². The number of hydrogen-bond donors (Lipinski definition) is 10. The average molecular weight is 734 g/mol. The Labute approximate surface area is 303 Å². The molecule has 5 amide bonds. The first-order valence-electron chi connectivity index (χ1n) is 17.2. The van der Waals surface area contributed by atoms with E-state index in [1.54, 1.807) is 58.0 Å². The number of carboxylic acid groups (broad SMARTS) is 2. The Morgan fingerprint density at radius 1 is 0.750 bits per heavy atom. The van der Waals surface area contributed by atoms with Crippen LogP contribution in [-0.2, 0) is 40.0 Å². The molecule has 0 saturated carbocycles. The molecule has 0 aromatic heterocycles. The second-order valence-electron chi connectivity index (χ2n) is 12.9. The summed E-state index contributed by atoms with van der Waals surface area (Å²) in [6.07, 6.45) is -0.0558. The number of aliphatic carboxylic acids is 2. The molecule has 290 valence electrons. The molecular formula is C34H55N9O9. The number of carboxylic acids is 2. The van der Waals surface area contributed by atoms with Crippen LogP contribution in [0.15, 0.2) is 35.3 Å². The summed E-state index contributed by atoms with van der Waals surface area (Å²) in [6.45, 7) is 6.79. The largest absolute Gasteiger partial charge is 0.481 e. The van der Waals surface area contributed by atoms with Gasteiger partial charge >= 0.3 is 11.9 Å². The van der Waals surface area contributed by atoms with Gasteiger partial charge in [-0.25, -0.2) is 4.79 Å². The summed E-state index contributed by atoms with van der Waals surface area (Å²) < 4.78 is 0. The molecule has 6 atom stereocenters. The Hall–Kier alpha value is -5.26. The van der Waals surface area contributed by atoms with Gasteiger partial charge < -0.3 is 54.0 Å². The van der Waals surface area contributed by atoms with Gasteiger partial charge in [-0.05, 0) is 43.1 Å². The number of nitrogens with one attached hydrogen (secondary N) is 5. The summed E-state index contributed by atoms with van der Waals surface area (Å²) in [5, 5.41) is 31.8. The summed E-state index contributed by atoms with van der Waals surface area (Å²) >= 11 is 0. The number of aliphatic imine (C=N–C) groups is 1. The van der Waals surface area contributed by atoms with Crippen molar-refractivity contribution >= 4 is 47.4 Å². The predicted octanol–water partition coefficient (Wildman–Crippen LogP) is -1.29. The van der Waals surface area contributed by atoms with Crippen LogP contribution in [0.4, 0.5) is 0 Å². The number of hydrogen-bond acceptors (Lipinski definition) is 9. The van der Waals surface area contributed by atoms with Crippen LogP contribution in [0.5, 0.6) is 0 Å². The predicted molar refractivity (Wildman–Crippen MR) is 192 cm³/mol. The van der Waals surface area contributed by atoms with Gasteiger partial charge in [0.15, 0.2) is 5.96 Å². The minimum atomic E-state index is -1.48. The van der Waals surface area contributed by atoms with E-state index in [1.807, 2.05) is 0 Å². The molecule has 0 fully saturated rings. The van der Waals surface area contributed by atoms with Gasteiger partial charge in [0, 0.05) is 19.4 Å². The fourth-order valence-electron chi connectivity index (χ4n) is 5.08. The highest BCUT2D eigenvalue weighted by atomic mass is 16.4. The van der Waals surface area contributed by atoms with Crippen LogP contribution >= 0.6 is 0 Å². The third-order valence-electron chi connectivity index (χ3n) is 8.09. The first-order valence-corrected chi connectivity index (χ1v) is 17.2. The number of rotatable bonds is 24. The zero-order valence-corrected chi connectivity index (χ0v) is 30.2. The lowest BCUT2D eigenvalue weighted by Gasteiger charge is -2.29. The molecule has 1 aromatic carbocycles. The molecule has 13 N–H and O–H groups in total. The van der Waals surface area contributed by atoms with Crippen LogP contribution in [0.3, 0.4) is 0 Å². The van der Waals surface area contributed by atoms with Crippen molar-refractivity contribution in [2.75, 3.05) is 13.1 Å². The molecule has 0 radical (unpaired) electrons. The number of benzene rings is 1. The molecule has 1 rings (SSSR count). The number of amides is 5. The molecule has 0 bridgehead atoms. The number of carbonyl (C=O) groups excluding carboxylic acids is 5. The fourth-order valence-corrected chi connectivity index (χ4v) is 5.08. The summed E-state index contributed by atoms with van der Waals surface area (Å²) in [6, 6.07) is 2.26. The van der Waals surface area contributed by atoms with Crippen molar-refractivity contribution in [2.45, 2.75) is 103 Å². The van der Waals surface area contributed by atoms with E-state index in [0.29, 0.717) is 12.0 Å². The molecule has 18 heteroatoms. The van der Waals surface area contributed by atoms with Crippen LogP contribution in [0, 0.1) is 11.8 Å². The van der Waals surface area contributed by atoms with E-state index >= 15 is 0 Å². The molecule has 52 heavy (non-hydrogen) atoms. The summed E-state index contributed by atoms with van der Waals surface area (Å²) in [7, 11) is 0. The third kappa shape index (κ3) is 17.1. The van der Waals surface area contributed by atoms with Crippen molar-refractivity contribution in [1.29, 1.82) is 0 Å². The maximum absolute atomic E-state index is 13.9. The minimum Gasteiger partial charge on any atom is -0.481 e. The molecule has 18 nitrogen and oxygen atoms in total. The highest BCUT2D eigenvalue weighted by Gasteiger charge is 2.34. The van der Waals surface area contributed by atoms with Crippen LogP contribution < -0.4 is 43.8 Å². The summed E-state index contributed by atoms with van der Waals surface area (Å²) in [5.74, 6) is -7.04. The molecule has 1 aromatic rings. The van der Waals surface area contributed by atoms with Crippen molar-refractivity contribution in [3.63, 3.8) is 0 Å². The average Bonchev–Trinajstić information content (AvgIpc) is 3.08. The number of nitrogens with zero attached hydrogens (tertiary/aromatic N) is 1. The molecule has 0 heterocycles. The second kappa shape index (κ2) is 23.3. The SMILES string of the molecule is CC[C@H](C)[C@H](NC(=O)[C@H](CCC(=O)O)NC(=O)[C@H](Cc1ccccc1)NC(=O)[C@H](CCCN=C(N)N)NC(=O)CN)C(=O)N[C@@H](CC(C)C)C(=O)O. The van der Waals surface area contributed by atoms with Gasteiger partial charge in [-0.3, -0.25) is 33.8 Å². The lowest BCUT2D eigenvalue weighted by Crippen LogP contribution is -2.60. The smallest absolute Gasteiger partial charge is 0.326 e. The van der Waals surface area contributed by atoms with Crippen LogP contribution in [0.1, 0.15) is 71.8 Å². The Balaban J connectivity index is 3.39. The monoisotopic (exact) mass is 733 g/mol. The molecule has 0 saturated heterocycles. The van der Waals surface area contributed by atoms with Gasteiger partial charge in [-0.15, -0.1) is 0 Å². The quantitative estimate of drug-likeness (QED) is 0.0337. The van der Waals surface area contributed by atoms with Gasteiger partial charge in [0.1, 0.15) is 30.2 Å². The minimum absolute atomic E-state index is 0.0540. The Kier molecular flexibility index (Phi) is 20.0. The normalized spacial score (nSPS) is 14.3. The van der Waals surface area contributed by atoms with Gasteiger partial charge in [-0.2, -0.15) is 0 Å². The van der Waals surface area contributed by atoms with Crippen molar-refractivity contribution in [2.24, 2.45) is 34.0 Å². The lowest BCUT2D eigenvalue weighted by atomic mass is 9.96. The van der Waals surface area contributed by atoms with E-state index in [-0.39, 0.29) is 50.5 Å². The van der Waals surface area contributed by atoms with Gasteiger partial charge in [-0.1, -0.05) is 64.4 Å². The van der Waals surface area contributed by atoms with E-state index in [2.05, 4.69) is 31.6 Å². The van der Waals surface area contributed by atoms with E-state index in [9.17, 15) is 43.8 Å². The molecule has 0 aliphatic rings. The standard InChI is InChI=1S/C34H55N9O9/c1-5-20(4)28(32(50)42-25(33(51)52)16-19(2)3)43-30(48)23(13-14-27(45)46)40-31(49)24(17-21-10-7-6-8-11-21)41-29(47)22(39-26(44)18-35)12-9-15-38-34(36)37/h6-8,10-11,19-20,22-25,28H,5,9,12-18,35H2,1-4H3,(H,39,44)(H,40,49)(H,41,47)(H,42,50)(H,43,48)(H,45,46)(H,51,52)(H4,36,37,38)/t20-,22-,23-,24-,25-,28-/m0/s1. The Morgan fingerprint density at radius 2 is 1.31 bits per heavy atom. The third-order valence-corrected chi connectivity index (χ3v) is 8.09. The fraction of sp³-hybridized carbons (Fsp3) is 0.588. The highest BCUT2D eigenvalue weighted by Crippen LogP contribution is 2.13. The van der Waals surface area contributed by atoms with Crippen LogP contribution in [-0.4, -0.2) is 101 Å². The van der Waals surface area contributed by atoms with Crippen molar-refractivity contribution < 1.29 is 43.8 Å². The van der Waals surface area contributed by atoms with E-state index in [0.717, 1.165) is 0 Å². The first kappa shape index (κ1) is 44.8. The molecule has 0 aliphatic heterocycles. The zero-order valence-electron chi connectivity index (χ0n) is 30.2. The number of nitrogens with two attached hydrogens (primary N) is 3. The van der Waals surface area contributed by atoms with Crippen molar-refractivity contribution in [3.05, 3.63) is 35.9 Å². The Morgan fingerprint density at radius 3 is 1.85 bits per heavy atom. The van der Waals surface area contributed by atoms with Gasteiger partial charge in [0.2, 0.25) is 29.5 Å². The second-order valence-corrected chi connectivity index (χ2v) is 12.9. The van der Waals surface area contributed by atoms with E-state index in [1.165, 1.54) is 0 Å². The maximum Gasteiger partial charge on any atom is 0.326 e. The van der Waals surface area contributed by atoms with E-state index < -0.39 is 90.6 Å². The van der Waals surface area contributed by atoms with Crippen LogP contribution in [0.25, 0.3) is 0 Å². The van der Waals surface area contributed by atoms with Gasteiger partial charge in [0.25, 0.3) is 0 Å². The number of carbonyl (C=O) groups is 7. The lowest BCUT2D eigenvalue weighted by molar-refractivity contribution is -0.143.